The Morgan fingerprint density at radius 3 is 2.56 bits per heavy atom. The summed E-state index contributed by atoms with van der Waals surface area (Å²) < 4.78 is 19.9. The van der Waals surface area contributed by atoms with Crippen molar-refractivity contribution < 1.29 is 28.9 Å². The molecule has 39 heavy (non-hydrogen) atoms. The minimum atomic E-state index is -1.27. The van der Waals surface area contributed by atoms with E-state index in [2.05, 4.69) is 9.88 Å². The summed E-state index contributed by atoms with van der Waals surface area (Å²) in [6.07, 6.45) is 2.40. The number of nitrogens with zero attached hydrogens (tertiary/aromatic N) is 3. The number of benzene rings is 1. The van der Waals surface area contributed by atoms with Gasteiger partial charge in [0.25, 0.3) is 0 Å². The Kier molecular flexibility index (Phi) is 10.3. The van der Waals surface area contributed by atoms with Gasteiger partial charge in [0.2, 0.25) is 5.91 Å². The number of carbonyl (C=O) groups is 2. The molecule has 212 valence electrons. The average Bonchev–Trinajstić information content (AvgIpc) is 2.94. The lowest BCUT2D eigenvalue weighted by Gasteiger charge is -2.40. The molecule has 3 heterocycles. The lowest BCUT2D eigenvalue weighted by atomic mass is 9.74. The van der Waals surface area contributed by atoms with Crippen molar-refractivity contribution in [3.63, 3.8) is 0 Å². The molecule has 0 radical (unpaired) electrons. The molecular formula is C29H37ClFN3O5. The fourth-order valence-corrected chi connectivity index (χ4v) is 5.64. The second kappa shape index (κ2) is 13.7. The molecular weight excluding hydrogens is 525 g/mol. The number of pyridine rings is 1. The van der Waals surface area contributed by atoms with E-state index in [1.165, 1.54) is 12.1 Å². The van der Waals surface area contributed by atoms with Crippen molar-refractivity contribution in [2.24, 2.45) is 5.41 Å². The highest BCUT2D eigenvalue weighted by molar-refractivity contribution is 6.31. The van der Waals surface area contributed by atoms with Crippen LogP contribution < -0.4 is 0 Å². The molecule has 0 unspecified atom stereocenters. The lowest BCUT2D eigenvalue weighted by Crippen LogP contribution is -2.46. The summed E-state index contributed by atoms with van der Waals surface area (Å²) in [5.41, 5.74) is 0.432. The number of rotatable bonds is 4. The zero-order valence-electron chi connectivity index (χ0n) is 22.1. The first-order chi connectivity index (χ1) is 18.8. The maximum atomic E-state index is 14.3. The Bertz CT molecular complexity index is 1090. The van der Waals surface area contributed by atoms with Crippen LogP contribution in [-0.2, 0) is 27.3 Å². The summed E-state index contributed by atoms with van der Waals surface area (Å²) in [6.45, 7) is 2.41. The highest BCUT2D eigenvalue weighted by atomic mass is 35.5. The number of carbonyl (C=O) groups excluding carboxylic acids is 2. The first-order valence-corrected chi connectivity index (χ1v) is 14.0. The SMILES string of the molecule is O=C(Cc1c(F)cccc1Cl)N1CCCCC2(CCN(Cc3ccccn3)CC2)C(=O)OC[C@@H](O)[C@@H](O)CC1. The predicted octanol–water partition coefficient (Wildman–Crippen LogP) is 3.37. The van der Waals surface area contributed by atoms with Crippen molar-refractivity contribution in [2.75, 3.05) is 32.8 Å². The fourth-order valence-electron chi connectivity index (χ4n) is 5.41. The van der Waals surface area contributed by atoms with Crippen LogP contribution in [0.15, 0.2) is 42.6 Å². The highest BCUT2D eigenvalue weighted by Gasteiger charge is 2.42. The smallest absolute Gasteiger partial charge is 0.312 e. The van der Waals surface area contributed by atoms with Crippen LogP contribution in [0.3, 0.4) is 0 Å². The van der Waals surface area contributed by atoms with E-state index in [0.29, 0.717) is 58.3 Å². The predicted molar refractivity (Wildman–Crippen MR) is 144 cm³/mol. The van der Waals surface area contributed by atoms with E-state index in [1.807, 2.05) is 18.2 Å². The third kappa shape index (κ3) is 7.75. The number of esters is 1. The largest absolute Gasteiger partial charge is 0.462 e. The van der Waals surface area contributed by atoms with Crippen molar-refractivity contribution in [2.45, 2.75) is 63.7 Å². The average molecular weight is 562 g/mol. The Hall–Kier alpha value is -2.59. The second-order valence-corrected chi connectivity index (χ2v) is 11.0. The van der Waals surface area contributed by atoms with Crippen LogP contribution in [0.2, 0.25) is 5.02 Å². The van der Waals surface area contributed by atoms with Gasteiger partial charge in [-0.2, -0.15) is 0 Å². The van der Waals surface area contributed by atoms with Crippen molar-refractivity contribution in [1.29, 1.82) is 0 Å². The minimum Gasteiger partial charge on any atom is -0.462 e. The van der Waals surface area contributed by atoms with E-state index in [-0.39, 0.29) is 48.5 Å². The number of aromatic nitrogens is 1. The van der Waals surface area contributed by atoms with Gasteiger partial charge in [0.1, 0.15) is 18.5 Å². The standard InChI is InChI=1S/C29H37ClFN3O5/c30-23-7-5-8-24(31)22(23)18-27(37)34-14-4-2-10-29(28(38)39-20-26(36)25(35)9-15-34)11-16-33(17-12-29)19-21-6-1-3-13-32-21/h1,3,5-8,13,25-26,35-36H,2,4,9-12,14-20H2/t25-,26+/m0/s1. The Morgan fingerprint density at radius 2 is 1.85 bits per heavy atom. The van der Waals surface area contributed by atoms with Gasteiger partial charge in [-0.25, -0.2) is 4.39 Å². The number of piperidine rings is 1. The molecule has 0 aliphatic carbocycles. The molecule has 2 aliphatic heterocycles. The van der Waals surface area contributed by atoms with Gasteiger partial charge in [0.05, 0.1) is 23.6 Å². The first-order valence-electron chi connectivity index (χ1n) is 13.6. The Labute approximate surface area is 233 Å². The molecule has 2 N–H and O–H groups in total. The number of amides is 1. The van der Waals surface area contributed by atoms with Crippen LogP contribution in [0.25, 0.3) is 0 Å². The summed E-state index contributed by atoms with van der Waals surface area (Å²) in [7, 11) is 0. The van der Waals surface area contributed by atoms with Gasteiger partial charge in [0.15, 0.2) is 0 Å². The number of aliphatic hydroxyl groups excluding tert-OH is 2. The molecule has 4 rings (SSSR count). The molecule has 0 bridgehead atoms. The highest BCUT2D eigenvalue weighted by Crippen LogP contribution is 2.38. The van der Waals surface area contributed by atoms with Crippen LogP contribution in [0.5, 0.6) is 0 Å². The van der Waals surface area contributed by atoms with Gasteiger partial charge >= 0.3 is 5.97 Å². The number of hydrogen-bond donors (Lipinski definition) is 2. The molecule has 2 atom stereocenters. The fraction of sp³-hybridized carbons (Fsp3) is 0.552. The van der Waals surface area contributed by atoms with Crippen LogP contribution >= 0.6 is 11.6 Å². The third-order valence-corrected chi connectivity index (χ3v) is 8.31. The molecule has 1 spiro atoms. The molecule has 8 nitrogen and oxygen atoms in total. The molecule has 2 saturated heterocycles. The number of cyclic esters (lactones) is 1. The summed E-state index contributed by atoms with van der Waals surface area (Å²) in [5.74, 6) is -1.18. The molecule has 2 fully saturated rings. The van der Waals surface area contributed by atoms with E-state index >= 15 is 0 Å². The number of hydrogen-bond acceptors (Lipinski definition) is 7. The molecule has 2 aliphatic rings. The molecule has 2 aromatic rings. The van der Waals surface area contributed by atoms with Crippen molar-refractivity contribution >= 4 is 23.5 Å². The van der Waals surface area contributed by atoms with Gasteiger partial charge in [-0.15, -0.1) is 0 Å². The summed E-state index contributed by atoms with van der Waals surface area (Å²) in [5, 5.41) is 21.2. The number of likely N-dealkylation sites (tertiary alicyclic amines) is 1. The molecule has 0 saturated carbocycles. The monoisotopic (exact) mass is 561 g/mol. The molecule has 1 amide bonds. The summed E-state index contributed by atoms with van der Waals surface area (Å²) in [6, 6.07) is 10.1. The number of aliphatic hydroxyl groups is 2. The van der Waals surface area contributed by atoms with Crippen LogP contribution in [0.4, 0.5) is 4.39 Å². The number of ether oxygens (including phenoxy) is 1. The van der Waals surface area contributed by atoms with Crippen LogP contribution in [0, 0.1) is 11.2 Å². The summed E-state index contributed by atoms with van der Waals surface area (Å²) in [4.78, 5) is 34.7. The second-order valence-electron chi connectivity index (χ2n) is 10.6. The van der Waals surface area contributed by atoms with Gasteiger partial charge in [-0.05, 0) is 69.5 Å². The van der Waals surface area contributed by atoms with Gasteiger partial charge in [-0.1, -0.05) is 30.2 Å². The van der Waals surface area contributed by atoms with Crippen molar-refractivity contribution in [3.05, 3.63) is 64.7 Å². The number of halogens is 2. The first kappa shape index (κ1) is 29.4. The van der Waals surface area contributed by atoms with E-state index < -0.39 is 23.4 Å². The van der Waals surface area contributed by atoms with Gasteiger partial charge < -0.3 is 19.8 Å². The third-order valence-electron chi connectivity index (χ3n) is 7.96. The Balaban J connectivity index is 1.42. The zero-order chi connectivity index (χ0) is 27.8. The van der Waals surface area contributed by atoms with Crippen molar-refractivity contribution in [3.8, 4) is 0 Å². The Morgan fingerprint density at radius 1 is 1.05 bits per heavy atom. The van der Waals surface area contributed by atoms with Crippen LogP contribution in [-0.4, -0.2) is 81.9 Å². The maximum Gasteiger partial charge on any atom is 0.312 e. The lowest BCUT2D eigenvalue weighted by molar-refractivity contribution is -0.165. The molecule has 1 aromatic carbocycles. The minimum absolute atomic E-state index is 0.100. The quantitative estimate of drug-likeness (QED) is 0.552. The van der Waals surface area contributed by atoms with Crippen molar-refractivity contribution in [1.82, 2.24) is 14.8 Å². The topological polar surface area (TPSA) is 103 Å². The van der Waals surface area contributed by atoms with Gasteiger partial charge in [-0.3, -0.25) is 19.5 Å². The summed E-state index contributed by atoms with van der Waals surface area (Å²) >= 11 is 6.13. The van der Waals surface area contributed by atoms with Gasteiger partial charge in [0, 0.05) is 36.4 Å². The van der Waals surface area contributed by atoms with E-state index in [0.717, 1.165) is 5.69 Å². The normalized spacial score (nSPS) is 23.4. The van der Waals surface area contributed by atoms with E-state index in [1.54, 1.807) is 17.2 Å². The maximum absolute atomic E-state index is 14.3. The van der Waals surface area contributed by atoms with E-state index in [9.17, 15) is 24.2 Å². The molecule has 1 aromatic heterocycles. The van der Waals surface area contributed by atoms with E-state index in [4.69, 9.17) is 16.3 Å². The van der Waals surface area contributed by atoms with Crippen LogP contribution in [0.1, 0.15) is 49.8 Å². The molecule has 10 heteroatoms. The zero-order valence-corrected chi connectivity index (χ0v) is 22.9.